The van der Waals surface area contributed by atoms with Gasteiger partial charge in [0.1, 0.15) is 11.3 Å². The first kappa shape index (κ1) is 20.8. The summed E-state index contributed by atoms with van der Waals surface area (Å²) in [5, 5.41) is 14.3. The number of hydrogen-bond donors (Lipinski definition) is 1. The van der Waals surface area contributed by atoms with Gasteiger partial charge in [0.25, 0.3) is 5.91 Å². The smallest absolute Gasteiger partial charge is 0.339 e. The van der Waals surface area contributed by atoms with Crippen molar-refractivity contribution in [3.05, 3.63) is 39.7 Å². The van der Waals surface area contributed by atoms with Crippen molar-refractivity contribution in [2.45, 2.75) is 39.3 Å². The molecule has 1 aromatic heterocycles. The molecule has 0 fully saturated rings. The van der Waals surface area contributed by atoms with Crippen LogP contribution in [0.4, 0.5) is 0 Å². The first-order valence-corrected chi connectivity index (χ1v) is 9.84. The van der Waals surface area contributed by atoms with E-state index in [1.165, 1.54) is 24.8 Å². The maximum Gasteiger partial charge on any atom is 0.339 e. The average molecular weight is 392 g/mol. The van der Waals surface area contributed by atoms with Gasteiger partial charge in [-0.05, 0) is 56.9 Å². The lowest BCUT2D eigenvalue weighted by molar-refractivity contribution is -0.308. The van der Waals surface area contributed by atoms with Crippen molar-refractivity contribution >= 4 is 34.6 Å². The number of carbonyl (C=O) groups is 2. The summed E-state index contributed by atoms with van der Waals surface area (Å²) in [6.45, 7) is 5.04. The van der Waals surface area contributed by atoms with Gasteiger partial charge in [-0.3, -0.25) is 4.79 Å². The van der Waals surface area contributed by atoms with E-state index in [1.54, 1.807) is 19.1 Å². The fraction of sp³-hybridized carbons (Fsp3) is 0.421. The van der Waals surface area contributed by atoms with Gasteiger partial charge >= 0.3 is 5.63 Å². The Morgan fingerprint density at radius 2 is 2.00 bits per heavy atom. The number of fused-ring (bicyclic) bond motifs is 1. The lowest BCUT2D eigenvalue weighted by Gasteiger charge is -2.22. The van der Waals surface area contributed by atoms with Gasteiger partial charge in [-0.2, -0.15) is 11.8 Å². The quantitative estimate of drug-likeness (QED) is 0.672. The third-order valence-corrected chi connectivity index (χ3v) is 4.97. The first-order chi connectivity index (χ1) is 12.7. The summed E-state index contributed by atoms with van der Waals surface area (Å²) in [5.74, 6) is -0.975. The van der Waals surface area contributed by atoms with Crippen LogP contribution in [0.1, 0.15) is 24.5 Å². The molecule has 0 radical (unpaired) electrons. The molecule has 1 N–H and O–H groups in total. The Hall–Kier alpha value is -2.48. The fourth-order valence-corrected chi connectivity index (χ4v) is 3.00. The zero-order chi connectivity index (χ0) is 20.1. The Balaban J connectivity index is 2.13. The van der Waals surface area contributed by atoms with E-state index < -0.39 is 29.6 Å². The molecule has 7 nitrogen and oxygen atoms in total. The topological polar surface area (TPSA) is 109 Å². The second-order valence-electron chi connectivity index (χ2n) is 6.22. The van der Waals surface area contributed by atoms with Crippen LogP contribution in [0.5, 0.6) is 5.75 Å². The summed E-state index contributed by atoms with van der Waals surface area (Å²) in [5.41, 5.74) is 1.31. The van der Waals surface area contributed by atoms with Gasteiger partial charge in [-0.15, -0.1) is 0 Å². The van der Waals surface area contributed by atoms with Crippen molar-refractivity contribution in [3.63, 3.8) is 0 Å². The van der Waals surface area contributed by atoms with Crippen LogP contribution in [0, 0.1) is 13.8 Å². The predicted octanol–water partition coefficient (Wildman–Crippen LogP) is 1.16. The Labute approximate surface area is 161 Å². The molecule has 0 aliphatic carbocycles. The minimum Gasteiger partial charge on any atom is -0.548 e. The molecular weight excluding hydrogens is 370 g/mol. The van der Waals surface area contributed by atoms with Crippen LogP contribution in [0.3, 0.4) is 0 Å². The lowest BCUT2D eigenvalue weighted by atomic mass is 10.1. The first-order valence-electron chi connectivity index (χ1n) is 8.45. The second-order valence-corrected chi connectivity index (χ2v) is 7.20. The molecular formula is C19H22NO6S-. The van der Waals surface area contributed by atoms with Crippen LogP contribution in [0.25, 0.3) is 11.0 Å². The van der Waals surface area contributed by atoms with Gasteiger partial charge in [0.2, 0.25) is 0 Å². The van der Waals surface area contributed by atoms with Gasteiger partial charge in [0, 0.05) is 17.0 Å². The van der Waals surface area contributed by atoms with E-state index in [4.69, 9.17) is 9.15 Å². The Morgan fingerprint density at radius 1 is 1.30 bits per heavy atom. The minimum absolute atomic E-state index is 0.266. The number of nitrogens with one attached hydrogen (secondary N) is 1. The van der Waals surface area contributed by atoms with Crippen molar-refractivity contribution in [1.82, 2.24) is 5.32 Å². The number of aryl methyl sites for hydroxylation is 1. The number of rotatable bonds is 8. The van der Waals surface area contributed by atoms with Crippen molar-refractivity contribution in [1.29, 1.82) is 0 Å². The lowest BCUT2D eigenvalue weighted by Crippen LogP contribution is -2.51. The normalized spacial score (nSPS) is 13.2. The molecule has 0 bridgehead atoms. The minimum atomic E-state index is -1.33. The number of aliphatic carboxylic acids is 1. The monoisotopic (exact) mass is 392 g/mol. The van der Waals surface area contributed by atoms with Crippen LogP contribution < -0.4 is 20.8 Å². The highest BCUT2D eigenvalue weighted by molar-refractivity contribution is 7.98. The third kappa shape index (κ3) is 5.03. The van der Waals surface area contributed by atoms with Gasteiger partial charge in [-0.1, -0.05) is 0 Å². The number of carboxylic acid groups (broad SMARTS) is 1. The molecule has 1 amide bonds. The van der Waals surface area contributed by atoms with Crippen LogP contribution in [0.15, 0.2) is 27.4 Å². The molecule has 2 atom stereocenters. The highest BCUT2D eigenvalue weighted by Crippen LogP contribution is 2.24. The molecule has 1 heterocycles. The second kappa shape index (κ2) is 8.94. The molecule has 0 spiro atoms. The van der Waals surface area contributed by atoms with Gasteiger partial charge in [0.15, 0.2) is 6.10 Å². The molecule has 146 valence electrons. The maximum atomic E-state index is 12.2. The molecule has 0 saturated heterocycles. The zero-order valence-electron chi connectivity index (χ0n) is 15.7. The molecule has 0 saturated carbocycles. The summed E-state index contributed by atoms with van der Waals surface area (Å²) in [6.07, 6.45) is 1.18. The number of ether oxygens (including phenoxy) is 1. The highest BCUT2D eigenvalue weighted by atomic mass is 32.2. The average Bonchev–Trinajstić information content (AvgIpc) is 2.62. The van der Waals surface area contributed by atoms with Gasteiger partial charge in [0.05, 0.1) is 12.0 Å². The van der Waals surface area contributed by atoms with Crippen molar-refractivity contribution in [2.75, 3.05) is 12.0 Å². The number of thioether (sulfide) groups is 1. The van der Waals surface area contributed by atoms with Gasteiger partial charge < -0.3 is 24.4 Å². The number of carbonyl (C=O) groups excluding carboxylic acids is 2. The van der Waals surface area contributed by atoms with E-state index in [0.29, 0.717) is 22.6 Å². The van der Waals surface area contributed by atoms with Crippen LogP contribution in [-0.4, -0.2) is 36.0 Å². The van der Waals surface area contributed by atoms with Crippen LogP contribution >= 0.6 is 11.8 Å². The number of hydrogen-bond acceptors (Lipinski definition) is 7. The summed E-state index contributed by atoms with van der Waals surface area (Å²) >= 11 is 1.48. The third-order valence-electron chi connectivity index (χ3n) is 4.32. The summed E-state index contributed by atoms with van der Waals surface area (Å²) in [4.78, 5) is 35.2. The number of benzene rings is 1. The van der Waals surface area contributed by atoms with Gasteiger partial charge in [-0.25, -0.2) is 4.79 Å². The van der Waals surface area contributed by atoms with E-state index in [0.717, 1.165) is 10.9 Å². The van der Waals surface area contributed by atoms with Crippen LogP contribution in [-0.2, 0) is 9.59 Å². The fourth-order valence-electron chi connectivity index (χ4n) is 2.53. The Bertz CT molecular complexity index is 907. The van der Waals surface area contributed by atoms with E-state index in [2.05, 4.69) is 5.32 Å². The number of amides is 1. The van der Waals surface area contributed by atoms with E-state index in [-0.39, 0.29) is 6.42 Å². The molecule has 2 aromatic rings. The zero-order valence-corrected chi connectivity index (χ0v) is 16.5. The van der Waals surface area contributed by atoms with E-state index in [9.17, 15) is 19.5 Å². The molecule has 8 heteroatoms. The van der Waals surface area contributed by atoms with Crippen molar-refractivity contribution in [3.8, 4) is 5.75 Å². The summed E-state index contributed by atoms with van der Waals surface area (Å²) in [7, 11) is 0. The SMILES string of the molecule is CSCC[C@H](NC(=O)[C@@H](C)Oc1ccc2c(C)c(C)c(=O)oc2c1)C(=O)[O-]. The predicted molar refractivity (Wildman–Crippen MR) is 102 cm³/mol. The molecule has 0 unspecified atom stereocenters. The standard InChI is InChI=1S/C19H23NO6S/c1-10-11(2)19(24)26-16-9-13(5-6-14(10)16)25-12(3)17(21)20-15(18(22)23)7-8-27-4/h5-6,9,12,15H,7-8H2,1-4H3,(H,20,21)(H,22,23)/p-1/t12-,15+/m1/s1. The van der Waals surface area contributed by atoms with E-state index in [1.807, 2.05) is 13.2 Å². The van der Waals surface area contributed by atoms with Crippen LogP contribution in [0.2, 0.25) is 0 Å². The maximum absolute atomic E-state index is 12.2. The highest BCUT2D eigenvalue weighted by Gasteiger charge is 2.20. The Kier molecular flexibility index (Phi) is 6.90. The molecule has 2 rings (SSSR count). The number of carboxylic acids is 1. The molecule has 27 heavy (non-hydrogen) atoms. The van der Waals surface area contributed by atoms with E-state index >= 15 is 0 Å². The molecule has 1 aromatic carbocycles. The largest absolute Gasteiger partial charge is 0.548 e. The van der Waals surface area contributed by atoms with Crippen molar-refractivity contribution < 1.29 is 23.8 Å². The Morgan fingerprint density at radius 3 is 2.63 bits per heavy atom. The van der Waals surface area contributed by atoms with Crippen molar-refractivity contribution in [2.24, 2.45) is 0 Å². The molecule has 0 aliphatic heterocycles. The molecule has 0 aliphatic rings. The summed E-state index contributed by atoms with van der Waals surface area (Å²) in [6, 6.07) is 3.89. The summed E-state index contributed by atoms with van der Waals surface area (Å²) < 4.78 is 10.9.